The monoisotopic (exact) mass is 254 g/mol. The number of amides is 1. The highest BCUT2D eigenvalue weighted by Gasteiger charge is 2.11. The molecule has 0 aromatic carbocycles. The minimum absolute atomic E-state index is 0.114. The molecule has 0 aliphatic heterocycles. The number of aromatic nitrogens is 1. The molecule has 0 atom stereocenters. The second-order valence-corrected chi connectivity index (χ2v) is 4.57. The lowest BCUT2D eigenvalue weighted by atomic mass is 10.4. The van der Waals surface area contributed by atoms with Crippen LogP contribution in [0.5, 0.6) is 0 Å². The van der Waals surface area contributed by atoms with Gasteiger partial charge in [-0.25, -0.2) is 0 Å². The SMILES string of the molecule is CCN(CCCO)C(=O)CSc1ccncc1. The zero-order valence-electron chi connectivity index (χ0n) is 10.0. The number of aliphatic hydroxyl groups excluding tert-OH is 1. The van der Waals surface area contributed by atoms with Gasteiger partial charge in [-0.15, -0.1) is 11.8 Å². The van der Waals surface area contributed by atoms with E-state index < -0.39 is 0 Å². The molecular weight excluding hydrogens is 236 g/mol. The van der Waals surface area contributed by atoms with Crippen molar-refractivity contribution >= 4 is 17.7 Å². The average Bonchev–Trinajstić information content (AvgIpc) is 2.38. The van der Waals surface area contributed by atoms with Gasteiger partial charge in [0.2, 0.25) is 5.91 Å². The Morgan fingerprint density at radius 1 is 1.47 bits per heavy atom. The Morgan fingerprint density at radius 3 is 2.76 bits per heavy atom. The number of thioether (sulfide) groups is 1. The fourth-order valence-corrected chi connectivity index (χ4v) is 2.18. The Morgan fingerprint density at radius 2 is 2.18 bits per heavy atom. The van der Waals surface area contributed by atoms with Crippen LogP contribution >= 0.6 is 11.8 Å². The number of pyridine rings is 1. The van der Waals surface area contributed by atoms with E-state index in [1.165, 1.54) is 11.8 Å². The number of carbonyl (C=O) groups is 1. The van der Waals surface area contributed by atoms with E-state index in [2.05, 4.69) is 4.98 Å². The van der Waals surface area contributed by atoms with Crippen molar-refractivity contribution in [3.05, 3.63) is 24.5 Å². The van der Waals surface area contributed by atoms with E-state index in [1.807, 2.05) is 19.1 Å². The number of carbonyl (C=O) groups excluding carboxylic acids is 1. The number of rotatable bonds is 7. The van der Waals surface area contributed by atoms with Crippen molar-refractivity contribution in [2.24, 2.45) is 0 Å². The van der Waals surface area contributed by atoms with Crippen LogP contribution in [0, 0.1) is 0 Å². The van der Waals surface area contributed by atoms with E-state index in [4.69, 9.17) is 5.11 Å². The fourth-order valence-electron chi connectivity index (χ4n) is 1.39. The van der Waals surface area contributed by atoms with Crippen LogP contribution in [0.2, 0.25) is 0 Å². The van der Waals surface area contributed by atoms with Crippen LogP contribution in [-0.4, -0.2) is 46.3 Å². The maximum atomic E-state index is 11.9. The summed E-state index contributed by atoms with van der Waals surface area (Å²) in [6.07, 6.45) is 4.08. The van der Waals surface area contributed by atoms with Crippen LogP contribution in [0.3, 0.4) is 0 Å². The molecular formula is C12H18N2O2S. The summed E-state index contributed by atoms with van der Waals surface area (Å²) < 4.78 is 0. The Hall–Kier alpha value is -1.07. The maximum Gasteiger partial charge on any atom is 0.232 e. The maximum absolute atomic E-state index is 11.9. The highest BCUT2D eigenvalue weighted by Crippen LogP contribution is 2.16. The number of aliphatic hydroxyl groups is 1. The molecule has 0 spiro atoms. The first-order valence-corrected chi connectivity index (χ1v) is 6.68. The first-order chi connectivity index (χ1) is 8.27. The van der Waals surface area contributed by atoms with Gasteiger partial charge in [0.15, 0.2) is 0 Å². The van der Waals surface area contributed by atoms with Crippen molar-refractivity contribution in [2.75, 3.05) is 25.4 Å². The van der Waals surface area contributed by atoms with E-state index in [-0.39, 0.29) is 12.5 Å². The third-order valence-corrected chi connectivity index (χ3v) is 3.33. The van der Waals surface area contributed by atoms with Crippen LogP contribution in [0.4, 0.5) is 0 Å². The number of nitrogens with zero attached hydrogens (tertiary/aromatic N) is 2. The van der Waals surface area contributed by atoms with Gasteiger partial charge in [0.25, 0.3) is 0 Å². The highest BCUT2D eigenvalue weighted by atomic mass is 32.2. The van der Waals surface area contributed by atoms with Gasteiger partial charge in [0, 0.05) is 37.0 Å². The molecule has 1 heterocycles. The molecule has 1 rings (SSSR count). The molecule has 0 bridgehead atoms. The standard InChI is InChI=1S/C12H18N2O2S/c1-2-14(8-3-9-15)12(16)10-17-11-4-6-13-7-5-11/h4-7,15H,2-3,8-10H2,1H3. The van der Waals surface area contributed by atoms with Crippen molar-refractivity contribution < 1.29 is 9.90 Å². The smallest absolute Gasteiger partial charge is 0.232 e. The molecule has 0 fully saturated rings. The molecule has 0 saturated heterocycles. The second-order valence-electron chi connectivity index (χ2n) is 3.52. The summed E-state index contributed by atoms with van der Waals surface area (Å²) in [5.74, 6) is 0.547. The molecule has 94 valence electrons. The molecule has 0 aliphatic rings. The number of hydrogen-bond donors (Lipinski definition) is 1. The molecule has 5 heteroatoms. The van der Waals surface area contributed by atoms with E-state index in [0.29, 0.717) is 25.3 Å². The minimum Gasteiger partial charge on any atom is -0.396 e. The third kappa shape index (κ3) is 5.19. The Bertz CT molecular complexity index is 333. The van der Waals surface area contributed by atoms with Crippen LogP contribution in [-0.2, 0) is 4.79 Å². The summed E-state index contributed by atoms with van der Waals surface area (Å²) in [7, 11) is 0. The second kappa shape index (κ2) is 8.08. The van der Waals surface area contributed by atoms with Crippen LogP contribution in [0.15, 0.2) is 29.4 Å². The lowest BCUT2D eigenvalue weighted by molar-refractivity contribution is -0.128. The van der Waals surface area contributed by atoms with Gasteiger partial charge in [0.05, 0.1) is 5.75 Å². The zero-order valence-corrected chi connectivity index (χ0v) is 10.8. The molecule has 0 unspecified atom stereocenters. The first-order valence-electron chi connectivity index (χ1n) is 5.69. The lowest BCUT2D eigenvalue weighted by Gasteiger charge is -2.20. The molecule has 0 aliphatic carbocycles. The molecule has 4 nitrogen and oxygen atoms in total. The minimum atomic E-state index is 0.114. The molecule has 1 aromatic heterocycles. The van der Waals surface area contributed by atoms with Gasteiger partial charge in [-0.05, 0) is 25.5 Å². The van der Waals surface area contributed by atoms with E-state index >= 15 is 0 Å². The predicted molar refractivity (Wildman–Crippen MR) is 68.9 cm³/mol. The normalized spacial score (nSPS) is 10.2. The van der Waals surface area contributed by atoms with Crippen molar-refractivity contribution in [2.45, 2.75) is 18.2 Å². The van der Waals surface area contributed by atoms with Gasteiger partial charge in [-0.2, -0.15) is 0 Å². The van der Waals surface area contributed by atoms with E-state index in [1.54, 1.807) is 17.3 Å². The summed E-state index contributed by atoms with van der Waals surface area (Å²) in [5.41, 5.74) is 0. The summed E-state index contributed by atoms with van der Waals surface area (Å²) in [5, 5.41) is 8.75. The molecule has 0 saturated carbocycles. The molecule has 0 radical (unpaired) electrons. The zero-order chi connectivity index (χ0) is 12.5. The highest BCUT2D eigenvalue weighted by molar-refractivity contribution is 8.00. The fraction of sp³-hybridized carbons (Fsp3) is 0.500. The quantitative estimate of drug-likeness (QED) is 0.747. The van der Waals surface area contributed by atoms with E-state index in [9.17, 15) is 4.79 Å². The molecule has 17 heavy (non-hydrogen) atoms. The van der Waals surface area contributed by atoms with Crippen molar-refractivity contribution in [3.8, 4) is 0 Å². The molecule has 1 aromatic rings. The Labute approximate surface area is 106 Å². The Balaban J connectivity index is 2.37. The summed E-state index contributed by atoms with van der Waals surface area (Å²) >= 11 is 1.51. The van der Waals surface area contributed by atoms with Crippen molar-refractivity contribution in [1.29, 1.82) is 0 Å². The Kier molecular flexibility index (Phi) is 6.65. The summed E-state index contributed by atoms with van der Waals surface area (Å²) in [4.78, 5) is 18.6. The van der Waals surface area contributed by atoms with Gasteiger partial charge in [0.1, 0.15) is 0 Å². The van der Waals surface area contributed by atoms with Gasteiger partial charge < -0.3 is 10.0 Å². The summed E-state index contributed by atoms with van der Waals surface area (Å²) in [6, 6.07) is 3.78. The predicted octanol–water partition coefficient (Wildman–Crippen LogP) is 1.40. The van der Waals surface area contributed by atoms with Crippen molar-refractivity contribution in [1.82, 2.24) is 9.88 Å². The molecule has 1 N–H and O–H groups in total. The average molecular weight is 254 g/mol. The largest absolute Gasteiger partial charge is 0.396 e. The van der Waals surface area contributed by atoms with Gasteiger partial charge in [-0.1, -0.05) is 0 Å². The molecule has 1 amide bonds. The van der Waals surface area contributed by atoms with Gasteiger partial charge in [-0.3, -0.25) is 9.78 Å². The van der Waals surface area contributed by atoms with Crippen LogP contribution in [0.1, 0.15) is 13.3 Å². The first kappa shape index (κ1) is 14.0. The topological polar surface area (TPSA) is 53.4 Å². The lowest BCUT2D eigenvalue weighted by Crippen LogP contribution is -2.33. The van der Waals surface area contributed by atoms with Crippen molar-refractivity contribution in [3.63, 3.8) is 0 Å². The van der Waals surface area contributed by atoms with Crippen LogP contribution < -0.4 is 0 Å². The van der Waals surface area contributed by atoms with Crippen LogP contribution in [0.25, 0.3) is 0 Å². The summed E-state index contributed by atoms with van der Waals surface area (Å²) in [6.45, 7) is 3.39. The third-order valence-electron chi connectivity index (χ3n) is 2.33. The van der Waals surface area contributed by atoms with E-state index in [0.717, 1.165) is 4.90 Å². The van der Waals surface area contributed by atoms with Gasteiger partial charge >= 0.3 is 0 Å². The number of hydrogen-bond acceptors (Lipinski definition) is 4.